The Labute approximate surface area is 109 Å². The molecule has 1 aromatic carbocycles. The molecule has 1 saturated carbocycles. The van der Waals surface area contributed by atoms with Crippen molar-refractivity contribution in [3.63, 3.8) is 0 Å². The van der Waals surface area contributed by atoms with Gasteiger partial charge in [-0.15, -0.1) is 11.8 Å². The summed E-state index contributed by atoms with van der Waals surface area (Å²) in [5, 5.41) is 3.58. The fourth-order valence-corrected chi connectivity index (χ4v) is 2.71. The third-order valence-corrected chi connectivity index (χ3v) is 4.48. The highest BCUT2D eigenvalue weighted by Gasteiger charge is 2.20. The maximum Gasteiger partial charge on any atom is 0.0210 e. The first-order valence-corrected chi connectivity index (χ1v) is 7.59. The van der Waals surface area contributed by atoms with Crippen molar-refractivity contribution < 1.29 is 0 Å². The average Bonchev–Trinajstić information content (AvgIpc) is 3.09. The molecule has 1 aliphatic carbocycles. The van der Waals surface area contributed by atoms with Crippen molar-refractivity contribution in [2.24, 2.45) is 5.92 Å². The Bertz CT molecular complexity index is 369. The van der Waals surface area contributed by atoms with Gasteiger partial charge in [0.15, 0.2) is 0 Å². The van der Waals surface area contributed by atoms with E-state index >= 15 is 0 Å². The smallest absolute Gasteiger partial charge is 0.0210 e. The lowest BCUT2D eigenvalue weighted by Gasteiger charge is -2.10. The second-order valence-corrected chi connectivity index (χ2v) is 6.54. The van der Waals surface area contributed by atoms with E-state index in [2.05, 4.69) is 44.3 Å². The van der Waals surface area contributed by atoms with E-state index in [1.165, 1.54) is 34.6 Å². The van der Waals surface area contributed by atoms with Gasteiger partial charge in [-0.1, -0.05) is 19.9 Å². The highest BCUT2D eigenvalue weighted by molar-refractivity contribution is 7.99. The monoisotopic (exact) mass is 249 g/mol. The maximum absolute atomic E-state index is 3.58. The topological polar surface area (TPSA) is 12.0 Å². The Hall–Kier alpha value is -0.470. The first-order valence-electron chi connectivity index (χ1n) is 6.61. The highest BCUT2D eigenvalue weighted by atomic mass is 32.2. The molecular weight excluding hydrogens is 226 g/mol. The van der Waals surface area contributed by atoms with Crippen molar-refractivity contribution in [3.05, 3.63) is 29.3 Å². The molecule has 17 heavy (non-hydrogen) atoms. The van der Waals surface area contributed by atoms with Crippen LogP contribution in [0.5, 0.6) is 0 Å². The van der Waals surface area contributed by atoms with Crippen molar-refractivity contribution in [1.82, 2.24) is 5.32 Å². The largest absolute Gasteiger partial charge is 0.310 e. The zero-order valence-electron chi connectivity index (χ0n) is 11.1. The van der Waals surface area contributed by atoms with Crippen molar-refractivity contribution in [1.29, 1.82) is 0 Å². The zero-order valence-corrected chi connectivity index (χ0v) is 11.9. The van der Waals surface area contributed by atoms with Crippen LogP contribution in [0.25, 0.3) is 0 Å². The molecule has 0 atom stereocenters. The summed E-state index contributed by atoms with van der Waals surface area (Å²) in [6.07, 6.45) is 2.72. The molecule has 0 aromatic heterocycles. The van der Waals surface area contributed by atoms with Gasteiger partial charge in [0.25, 0.3) is 0 Å². The van der Waals surface area contributed by atoms with Gasteiger partial charge in [-0.2, -0.15) is 0 Å². The van der Waals surface area contributed by atoms with Gasteiger partial charge >= 0.3 is 0 Å². The summed E-state index contributed by atoms with van der Waals surface area (Å²) in [7, 11) is 0. The van der Waals surface area contributed by atoms with Crippen LogP contribution in [0.1, 0.15) is 37.8 Å². The Morgan fingerprint density at radius 3 is 2.71 bits per heavy atom. The maximum atomic E-state index is 3.58. The zero-order chi connectivity index (χ0) is 12.3. The Morgan fingerprint density at radius 1 is 1.35 bits per heavy atom. The van der Waals surface area contributed by atoms with Gasteiger partial charge in [-0.05, 0) is 48.9 Å². The molecule has 2 rings (SSSR count). The van der Waals surface area contributed by atoms with Gasteiger partial charge in [-0.3, -0.25) is 0 Å². The Balaban J connectivity index is 1.90. The van der Waals surface area contributed by atoms with Crippen LogP contribution in [0.3, 0.4) is 0 Å². The lowest BCUT2D eigenvalue weighted by atomic mass is 10.1. The van der Waals surface area contributed by atoms with Crippen LogP contribution in [-0.4, -0.2) is 11.8 Å². The number of thioether (sulfide) groups is 1. The van der Waals surface area contributed by atoms with Crippen LogP contribution in [0.15, 0.2) is 23.1 Å². The van der Waals surface area contributed by atoms with Gasteiger partial charge in [-0.25, -0.2) is 0 Å². The molecule has 0 bridgehead atoms. The van der Waals surface area contributed by atoms with Crippen LogP contribution in [-0.2, 0) is 6.54 Å². The van der Waals surface area contributed by atoms with Crippen LogP contribution in [0, 0.1) is 12.8 Å². The van der Waals surface area contributed by atoms with Crippen molar-refractivity contribution >= 4 is 11.8 Å². The molecule has 0 radical (unpaired) electrons. The summed E-state index contributed by atoms with van der Waals surface area (Å²) in [6.45, 7) is 7.80. The van der Waals surface area contributed by atoms with E-state index in [1.54, 1.807) is 0 Å². The van der Waals surface area contributed by atoms with Crippen molar-refractivity contribution in [2.75, 3.05) is 5.75 Å². The molecule has 2 heteroatoms. The van der Waals surface area contributed by atoms with Crippen molar-refractivity contribution in [2.45, 2.75) is 51.1 Å². The number of hydrogen-bond donors (Lipinski definition) is 1. The van der Waals surface area contributed by atoms with E-state index in [9.17, 15) is 0 Å². The van der Waals surface area contributed by atoms with E-state index in [0.717, 1.165) is 18.5 Å². The standard InChI is InChI=1S/C15H23NS/c1-11(2)10-17-15-7-4-13(12(3)8-15)9-16-14-5-6-14/h4,7-8,11,14,16H,5-6,9-10H2,1-3H3. The fourth-order valence-electron chi connectivity index (χ4n) is 1.76. The molecule has 1 aliphatic rings. The average molecular weight is 249 g/mol. The molecule has 0 aliphatic heterocycles. The number of aryl methyl sites for hydroxylation is 1. The highest BCUT2D eigenvalue weighted by Crippen LogP contribution is 2.24. The molecule has 0 saturated heterocycles. The molecule has 0 heterocycles. The molecule has 1 nitrogen and oxygen atoms in total. The Morgan fingerprint density at radius 2 is 2.12 bits per heavy atom. The van der Waals surface area contributed by atoms with Gasteiger partial charge in [0.05, 0.1) is 0 Å². The third kappa shape index (κ3) is 4.36. The van der Waals surface area contributed by atoms with Crippen LogP contribution in [0.2, 0.25) is 0 Å². The molecule has 1 aromatic rings. The van der Waals surface area contributed by atoms with Crippen LogP contribution >= 0.6 is 11.8 Å². The number of hydrogen-bond acceptors (Lipinski definition) is 2. The van der Waals surface area contributed by atoms with Gasteiger partial charge < -0.3 is 5.32 Å². The Kier molecular flexibility index (Phi) is 4.52. The van der Waals surface area contributed by atoms with Crippen molar-refractivity contribution in [3.8, 4) is 0 Å². The predicted octanol–water partition coefficient (Wildman–Crippen LogP) is 4.00. The molecule has 0 amide bonds. The van der Waals surface area contributed by atoms with Gasteiger partial charge in [0, 0.05) is 23.2 Å². The number of nitrogens with one attached hydrogen (secondary N) is 1. The minimum absolute atomic E-state index is 0.761. The van der Waals surface area contributed by atoms with E-state index in [1.807, 2.05) is 11.8 Å². The third-order valence-electron chi connectivity index (χ3n) is 3.06. The number of benzene rings is 1. The van der Waals surface area contributed by atoms with Gasteiger partial charge in [0.1, 0.15) is 0 Å². The molecule has 1 fully saturated rings. The quantitative estimate of drug-likeness (QED) is 0.765. The second-order valence-electron chi connectivity index (χ2n) is 5.45. The second kappa shape index (κ2) is 5.92. The summed E-state index contributed by atoms with van der Waals surface area (Å²) in [6, 6.07) is 7.68. The minimum atomic E-state index is 0.761. The first kappa shape index (κ1) is 13.0. The van der Waals surface area contributed by atoms with E-state index in [0.29, 0.717) is 0 Å². The fraction of sp³-hybridized carbons (Fsp3) is 0.600. The summed E-state index contributed by atoms with van der Waals surface area (Å²) in [5.74, 6) is 1.97. The summed E-state index contributed by atoms with van der Waals surface area (Å²) < 4.78 is 0. The van der Waals surface area contributed by atoms with E-state index in [-0.39, 0.29) is 0 Å². The molecule has 1 N–H and O–H groups in total. The molecule has 94 valence electrons. The lowest BCUT2D eigenvalue weighted by Crippen LogP contribution is -2.15. The summed E-state index contributed by atoms with van der Waals surface area (Å²) in [5.41, 5.74) is 2.87. The lowest BCUT2D eigenvalue weighted by molar-refractivity contribution is 0.684. The van der Waals surface area contributed by atoms with E-state index in [4.69, 9.17) is 0 Å². The van der Waals surface area contributed by atoms with E-state index < -0.39 is 0 Å². The summed E-state index contributed by atoms with van der Waals surface area (Å²) >= 11 is 1.97. The normalized spacial score (nSPS) is 15.5. The molecule has 0 spiro atoms. The minimum Gasteiger partial charge on any atom is -0.310 e. The SMILES string of the molecule is Cc1cc(SCC(C)C)ccc1CNC1CC1. The first-order chi connectivity index (χ1) is 8.15. The number of rotatable bonds is 6. The predicted molar refractivity (Wildman–Crippen MR) is 76.6 cm³/mol. The molecular formula is C15H23NS. The summed E-state index contributed by atoms with van der Waals surface area (Å²) in [4.78, 5) is 1.41. The molecule has 0 unspecified atom stereocenters. The van der Waals surface area contributed by atoms with Crippen LogP contribution in [0.4, 0.5) is 0 Å². The van der Waals surface area contributed by atoms with Gasteiger partial charge in [0.2, 0.25) is 0 Å². The van der Waals surface area contributed by atoms with Crippen LogP contribution < -0.4 is 5.32 Å².